The van der Waals surface area contributed by atoms with Crippen molar-refractivity contribution in [2.75, 3.05) is 7.11 Å². The van der Waals surface area contributed by atoms with E-state index in [1.54, 1.807) is 6.92 Å². The van der Waals surface area contributed by atoms with Crippen LogP contribution in [0.1, 0.15) is 35.9 Å². The molecule has 0 aliphatic rings. The number of aromatic amines is 1. The van der Waals surface area contributed by atoms with Crippen molar-refractivity contribution in [2.24, 2.45) is 0 Å². The van der Waals surface area contributed by atoms with E-state index in [2.05, 4.69) is 19.8 Å². The fourth-order valence-corrected chi connectivity index (χ4v) is 4.95. The summed E-state index contributed by atoms with van der Waals surface area (Å²) in [7, 11) is -3.00. The lowest BCUT2D eigenvalue weighted by molar-refractivity contribution is 0.374. The highest BCUT2D eigenvalue weighted by molar-refractivity contribution is 7.89. The van der Waals surface area contributed by atoms with Crippen molar-refractivity contribution in [2.45, 2.75) is 30.7 Å². The van der Waals surface area contributed by atoms with Gasteiger partial charge in [0.2, 0.25) is 15.9 Å². The quantitative estimate of drug-likeness (QED) is 0.496. The molecule has 0 unspecified atom stereocenters. The number of ether oxygens (including phenoxy) is 1. The third-order valence-electron chi connectivity index (χ3n) is 4.93. The Hall–Kier alpha value is -3.20. The summed E-state index contributed by atoms with van der Waals surface area (Å²) < 4.78 is 53.7. The average Bonchev–Trinajstić information content (AvgIpc) is 3.17. The van der Waals surface area contributed by atoms with Crippen molar-refractivity contribution in [1.82, 2.24) is 14.9 Å². The minimum atomic E-state index is -4.28. The van der Waals surface area contributed by atoms with Crippen LogP contribution in [0.5, 0.6) is 5.75 Å². The molecule has 3 rings (SSSR count). The van der Waals surface area contributed by atoms with Gasteiger partial charge in [0.25, 0.3) is 0 Å². The largest absolute Gasteiger partial charge is 0.495 e. The Bertz CT molecular complexity index is 1360. The summed E-state index contributed by atoms with van der Waals surface area (Å²) in [6.45, 7) is 10.4. The van der Waals surface area contributed by atoms with E-state index in [-0.39, 0.29) is 32.8 Å². The van der Waals surface area contributed by atoms with Crippen LogP contribution in [0.15, 0.2) is 44.4 Å². The van der Waals surface area contributed by atoms with E-state index in [9.17, 15) is 17.6 Å². The van der Waals surface area contributed by atoms with Crippen molar-refractivity contribution < 1.29 is 22.0 Å². The van der Waals surface area contributed by atoms with E-state index in [0.29, 0.717) is 5.56 Å². The molecule has 0 radical (unpaired) electrons. The lowest BCUT2D eigenvalue weighted by atomic mass is 9.89. The van der Waals surface area contributed by atoms with Crippen LogP contribution in [0.4, 0.5) is 10.1 Å². The maximum atomic E-state index is 14.8. The number of H-pyrrole nitrogens is 1. The van der Waals surface area contributed by atoms with Crippen LogP contribution in [0.25, 0.3) is 4.85 Å². The van der Waals surface area contributed by atoms with Gasteiger partial charge in [-0.25, -0.2) is 27.5 Å². The van der Waals surface area contributed by atoms with Crippen molar-refractivity contribution in [3.8, 4) is 5.75 Å². The van der Waals surface area contributed by atoms with Crippen molar-refractivity contribution in [3.05, 3.63) is 80.2 Å². The molecule has 32 heavy (non-hydrogen) atoms. The molecule has 0 aliphatic heterocycles. The predicted molar refractivity (Wildman–Crippen MR) is 114 cm³/mol. The highest BCUT2D eigenvalue weighted by Gasteiger charge is 2.34. The number of nitrogens with zero attached hydrogens (tertiary/aromatic N) is 2. The van der Waals surface area contributed by atoms with Gasteiger partial charge in [-0.2, -0.15) is 4.72 Å². The van der Waals surface area contributed by atoms with Crippen LogP contribution in [0.3, 0.4) is 0 Å². The summed E-state index contributed by atoms with van der Waals surface area (Å²) in [5.74, 6) is -2.79. The van der Waals surface area contributed by atoms with Crippen LogP contribution in [0, 0.1) is 19.3 Å². The third-order valence-corrected chi connectivity index (χ3v) is 6.64. The van der Waals surface area contributed by atoms with Crippen LogP contribution in [-0.4, -0.2) is 25.7 Å². The first-order valence-corrected chi connectivity index (χ1v) is 11.0. The highest BCUT2D eigenvalue weighted by atomic mass is 35.5. The Balaban J connectivity index is 2.14. The molecule has 0 aliphatic carbocycles. The second kappa shape index (κ2) is 9.12. The summed E-state index contributed by atoms with van der Waals surface area (Å²) in [5.41, 5.74) is 0.622. The fraction of sp³-hybridized carbons (Fsp3) is 0.250. The zero-order chi connectivity index (χ0) is 23.6. The molecule has 0 spiro atoms. The van der Waals surface area contributed by atoms with Gasteiger partial charge in [-0.3, -0.25) is 0 Å². The van der Waals surface area contributed by atoms with E-state index < -0.39 is 33.6 Å². The molecule has 0 saturated heterocycles. The third kappa shape index (κ3) is 4.52. The molecule has 3 aromatic rings. The first-order valence-electron chi connectivity index (χ1n) is 9.16. The Morgan fingerprint density at radius 2 is 2.06 bits per heavy atom. The van der Waals surface area contributed by atoms with E-state index in [0.717, 1.165) is 6.07 Å². The maximum absolute atomic E-state index is 14.8. The number of halogens is 2. The average molecular weight is 481 g/mol. The normalized spacial score (nSPS) is 13.4. The lowest BCUT2D eigenvalue weighted by Gasteiger charge is -2.25. The molecule has 9 nitrogen and oxygen atoms in total. The van der Waals surface area contributed by atoms with Crippen LogP contribution in [0.2, 0.25) is 5.02 Å². The molecule has 0 saturated carbocycles. The van der Waals surface area contributed by atoms with E-state index in [1.807, 2.05) is 0 Å². The molecule has 0 fully saturated rings. The van der Waals surface area contributed by atoms with Gasteiger partial charge >= 0.3 is 5.76 Å². The van der Waals surface area contributed by atoms with Gasteiger partial charge < -0.3 is 9.15 Å². The molecule has 0 bridgehead atoms. The van der Waals surface area contributed by atoms with Crippen LogP contribution >= 0.6 is 11.6 Å². The topological polar surface area (TPSA) is 119 Å². The first kappa shape index (κ1) is 23.5. The minimum absolute atomic E-state index is 0.0164. The van der Waals surface area contributed by atoms with Crippen molar-refractivity contribution in [1.29, 1.82) is 0 Å². The van der Waals surface area contributed by atoms with Crippen molar-refractivity contribution >= 4 is 27.3 Å². The smallest absolute Gasteiger partial charge is 0.434 e. The lowest BCUT2D eigenvalue weighted by Crippen LogP contribution is -2.33. The summed E-state index contributed by atoms with van der Waals surface area (Å²) in [6.07, 6.45) is 0. The van der Waals surface area contributed by atoms with Gasteiger partial charge in [-0.1, -0.05) is 24.6 Å². The summed E-state index contributed by atoms with van der Waals surface area (Å²) in [4.78, 5) is 14.7. The summed E-state index contributed by atoms with van der Waals surface area (Å²) in [5, 5.41) is 6.07. The SMILES string of the molecule is [C-]#[N+]c1ccc(F)c([C@@H](C)[C@H](NS(=O)(=O)c2ccc(Cl)cc2OC)c2n[nH]c(=O)o2)c1C. The second-order valence-corrected chi connectivity index (χ2v) is 8.97. The standard InChI is InChI=1S/C20H18ClFN4O5S/c1-10-14(23-3)7-6-13(22)17(10)11(2)18(19-24-25-20(27)31-19)26-32(28,29)16-8-5-12(21)9-15(16)30-4/h5-9,11,18,26H,1-2,4H3,(H,25,27)/t11-,18+/m1/s1. The van der Waals surface area contributed by atoms with Gasteiger partial charge in [0.1, 0.15) is 22.5 Å². The Morgan fingerprint density at radius 1 is 1.34 bits per heavy atom. The Labute approximate surface area is 188 Å². The molecular weight excluding hydrogens is 463 g/mol. The molecule has 2 N–H and O–H groups in total. The Kier molecular flexibility index (Phi) is 6.68. The van der Waals surface area contributed by atoms with Gasteiger partial charge in [-0.15, -0.1) is 5.10 Å². The monoisotopic (exact) mass is 480 g/mol. The molecule has 2 atom stereocenters. The number of hydrogen-bond acceptors (Lipinski definition) is 6. The highest BCUT2D eigenvalue weighted by Crippen LogP contribution is 2.38. The molecule has 1 aromatic heterocycles. The molecule has 12 heteroatoms. The van der Waals surface area contributed by atoms with Crippen LogP contribution < -0.4 is 15.2 Å². The second-order valence-electron chi connectivity index (χ2n) is 6.85. The van der Waals surface area contributed by atoms with Gasteiger partial charge in [0, 0.05) is 17.0 Å². The Morgan fingerprint density at radius 3 is 2.66 bits per heavy atom. The number of aromatic nitrogens is 2. The van der Waals surface area contributed by atoms with Gasteiger partial charge in [-0.05, 0) is 36.2 Å². The van der Waals surface area contributed by atoms with Crippen molar-refractivity contribution in [3.63, 3.8) is 0 Å². The molecular formula is C20H18ClFN4O5S. The van der Waals surface area contributed by atoms with E-state index in [4.69, 9.17) is 27.3 Å². The number of nitrogens with one attached hydrogen (secondary N) is 2. The molecule has 2 aromatic carbocycles. The number of rotatable bonds is 7. The zero-order valence-corrected chi connectivity index (χ0v) is 18.7. The maximum Gasteiger partial charge on any atom is 0.434 e. The number of hydrogen-bond donors (Lipinski definition) is 2. The fourth-order valence-electron chi connectivity index (χ4n) is 3.37. The van der Waals surface area contributed by atoms with Crippen LogP contribution in [-0.2, 0) is 10.0 Å². The van der Waals surface area contributed by atoms with Gasteiger partial charge in [0.15, 0.2) is 5.69 Å². The first-order chi connectivity index (χ1) is 15.1. The zero-order valence-electron chi connectivity index (χ0n) is 17.1. The molecule has 1 heterocycles. The van der Waals surface area contributed by atoms with Gasteiger partial charge in [0.05, 0.1) is 13.7 Å². The molecule has 0 amide bonds. The van der Waals surface area contributed by atoms with E-state index >= 15 is 0 Å². The molecule has 168 valence electrons. The summed E-state index contributed by atoms with van der Waals surface area (Å²) >= 11 is 5.92. The predicted octanol–water partition coefficient (Wildman–Crippen LogP) is 3.85. The summed E-state index contributed by atoms with van der Waals surface area (Å²) in [6, 6.07) is 5.10. The number of sulfonamides is 1. The van der Waals surface area contributed by atoms with E-state index in [1.165, 1.54) is 38.3 Å². The number of methoxy groups -OCH3 is 1. The minimum Gasteiger partial charge on any atom is -0.495 e. The number of benzene rings is 2.